The van der Waals surface area contributed by atoms with E-state index in [1.807, 2.05) is 17.0 Å². The van der Waals surface area contributed by atoms with Gasteiger partial charge in [-0.2, -0.15) is 8.78 Å². The summed E-state index contributed by atoms with van der Waals surface area (Å²) in [4.78, 5) is 5.57. The summed E-state index contributed by atoms with van der Waals surface area (Å²) in [5.41, 5.74) is 3.09. The van der Waals surface area contributed by atoms with E-state index < -0.39 is 11.9 Å². The van der Waals surface area contributed by atoms with Crippen molar-refractivity contribution in [1.82, 2.24) is 9.88 Å². The Hall–Kier alpha value is -1.99. The van der Waals surface area contributed by atoms with Crippen LogP contribution >= 0.6 is 0 Å². The van der Waals surface area contributed by atoms with Crippen LogP contribution in [0, 0.1) is 0 Å². The molecule has 7 heteroatoms. The molecule has 2 aliphatic heterocycles. The van der Waals surface area contributed by atoms with Gasteiger partial charge in [0.2, 0.25) is 0 Å². The van der Waals surface area contributed by atoms with E-state index in [1.165, 1.54) is 10.9 Å². The Balaban J connectivity index is 1.54. The van der Waals surface area contributed by atoms with Crippen LogP contribution in [0.3, 0.4) is 0 Å². The standard InChI is InChI=1S/C20H23F3N2O2/c1-26-13-2-3-17-15(12-13)14-5-11-27-20(18(14)24-17)6-9-25(10-7-20)8-4-16(21)19(22)23/h2-3,12,24H,4-11H2,1H3. The summed E-state index contributed by atoms with van der Waals surface area (Å²) in [6.07, 6.45) is -0.0917. The average molecular weight is 380 g/mol. The molecule has 0 atom stereocenters. The van der Waals surface area contributed by atoms with Crippen LogP contribution in [0.15, 0.2) is 30.1 Å². The molecule has 1 fully saturated rings. The van der Waals surface area contributed by atoms with Crippen molar-refractivity contribution in [2.45, 2.75) is 31.3 Å². The van der Waals surface area contributed by atoms with Gasteiger partial charge in [0.05, 0.1) is 19.4 Å². The summed E-state index contributed by atoms with van der Waals surface area (Å²) in [5.74, 6) is -0.481. The van der Waals surface area contributed by atoms with Crippen molar-refractivity contribution >= 4 is 10.9 Å². The molecule has 1 aromatic heterocycles. The van der Waals surface area contributed by atoms with Gasteiger partial charge < -0.3 is 19.4 Å². The number of hydrogen-bond donors (Lipinski definition) is 1. The number of likely N-dealkylation sites (tertiary alicyclic amines) is 1. The van der Waals surface area contributed by atoms with Gasteiger partial charge in [-0.3, -0.25) is 0 Å². The minimum Gasteiger partial charge on any atom is -0.497 e. The third-order valence-corrected chi connectivity index (χ3v) is 5.82. The van der Waals surface area contributed by atoms with Crippen molar-refractivity contribution < 1.29 is 22.6 Å². The lowest BCUT2D eigenvalue weighted by molar-refractivity contribution is -0.100. The third-order valence-electron chi connectivity index (χ3n) is 5.82. The van der Waals surface area contributed by atoms with E-state index in [0.717, 1.165) is 36.2 Å². The van der Waals surface area contributed by atoms with E-state index in [2.05, 4.69) is 11.1 Å². The smallest absolute Gasteiger partial charge is 0.301 e. The highest BCUT2D eigenvalue weighted by atomic mass is 19.3. The van der Waals surface area contributed by atoms with Gasteiger partial charge in [-0.05, 0) is 43.0 Å². The second-order valence-electron chi connectivity index (χ2n) is 7.24. The van der Waals surface area contributed by atoms with Gasteiger partial charge in [-0.25, -0.2) is 4.39 Å². The monoisotopic (exact) mass is 380 g/mol. The molecule has 1 saturated heterocycles. The summed E-state index contributed by atoms with van der Waals surface area (Å²) in [7, 11) is 1.66. The molecular formula is C20H23F3N2O2. The number of nitrogens with zero attached hydrogens (tertiary/aromatic N) is 1. The lowest BCUT2D eigenvalue weighted by Gasteiger charge is -2.43. The van der Waals surface area contributed by atoms with Crippen LogP contribution < -0.4 is 4.74 Å². The first kappa shape index (κ1) is 18.4. The van der Waals surface area contributed by atoms with Crippen LogP contribution in [0.5, 0.6) is 5.75 Å². The molecule has 4 rings (SSSR count). The van der Waals surface area contributed by atoms with Crippen LogP contribution in [0.1, 0.15) is 30.5 Å². The normalized spacial score (nSPS) is 19.3. The molecule has 0 saturated carbocycles. The first-order chi connectivity index (χ1) is 13.0. The fourth-order valence-electron chi connectivity index (χ4n) is 4.31. The summed E-state index contributed by atoms with van der Waals surface area (Å²) < 4.78 is 49.1. The quantitative estimate of drug-likeness (QED) is 0.848. The number of halogens is 3. The van der Waals surface area contributed by atoms with Crippen LogP contribution in [0.25, 0.3) is 10.9 Å². The maximum atomic E-state index is 13.1. The topological polar surface area (TPSA) is 37.5 Å². The van der Waals surface area contributed by atoms with Gasteiger partial charge in [0.1, 0.15) is 11.4 Å². The van der Waals surface area contributed by atoms with Gasteiger partial charge in [0.25, 0.3) is 0 Å². The predicted molar refractivity (Wildman–Crippen MR) is 96.8 cm³/mol. The number of benzene rings is 1. The molecule has 0 radical (unpaired) electrons. The average Bonchev–Trinajstić information content (AvgIpc) is 3.07. The second-order valence-corrected chi connectivity index (χ2v) is 7.24. The zero-order chi connectivity index (χ0) is 19.0. The van der Waals surface area contributed by atoms with Crippen molar-refractivity contribution in [3.8, 4) is 5.75 Å². The molecule has 0 unspecified atom stereocenters. The van der Waals surface area contributed by atoms with Crippen LogP contribution in [0.4, 0.5) is 13.2 Å². The van der Waals surface area contributed by atoms with E-state index in [9.17, 15) is 13.2 Å². The Kier molecular flexibility index (Phi) is 4.90. The lowest BCUT2D eigenvalue weighted by Crippen LogP contribution is -2.46. The minimum atomic E-state index is -2.21. The van der Waals surface area contributed by atoms with Crippen molar-refractivity contribution in [2.75, 3.05) is 33.4 Å². The third kappa shape index (κ3) is 3.34. The number of methoxy groups -OCH3 is 1. The maximum Gasteiger partial charge on any atom is 0.301 e. The summed E-state index contributed by atoms with van der Waals surface area (Å²) in [6.45, 7) is 2.34. The fraction of sp³-hybridized carbons (Fsp3) is 0.500. The second kappa shape index (κ2) is 7.20. The Morgan fingerprint density at radius 1 is 1.26 bits per heavy atom. The Bertz CT molecular complexity index is 865. The van der Waals surface area contributed by atoms with E-state index in [4.69, 9.17) is 9.47 Å². The largest absolute Gasteiger partial charge is 0.497 e. The number of nitrogens with one attached hydrogen (secondary N) is 1. The molecule has 0 aliphatic carbocycles. The maximum absolute atomic E-state index is 13.1. The number of aromatic nitrogens is 1. The highest BCUT2D eigenvalue weighted by Crippen LogP contribution is 2.44. The summed E-state index contributed by atoms with van der Waals surface area (Å²) >= 11 is 0. The van der Waals surface area contributed by atoms with Gasteiger partial charge in [0, 0.05) is 37.0 Å². The highest BCUT2D eigenvalue weighted by Gasteiger charge is 2.42. The number of aromatic amines is 1. The SMILES string of the molecule is COc1ccc2[nH]c3c(c2c1)CCOC31CCN(CCC(F)=C(F)F)CC1. The summed E-state index contributed by atoms with van der Waals surface area (Å²) in [6, 6.07) is 6.02. The molecule has 146 valence electrons. The number of hydrogen-bond acceptors (Lipinski definition) is 3. The highest BCUT2D eigenvalue weighted by molar-refractivity contribution is 5.86. The molecule has 1 spiro atoms. The molecule has 2 aliphatic rings. The predicted octanol–water partition coefficient (Wildman–Crippen LogP) is 4.51. The molecule has 0 bridgehead atoms. The number of ether oxygens (including phenoxy) is 2. The molecule has 4 nitrogen and oxygen atoms in total. The molecular weight excluding hydrogens is 357 g/mol. The van der Waals surface area contributed by atoms with Gasteiger partial charge in [-0.1, -0.05) is 0 Å². The molecule has 1 aromatic carbocycles. The van der Waals surface area contributed by atoms with E-state index in [1.54, 1.807) is 7.11 Å². The summed E-state index contributed by atoms with van der Waals surface area (Å²) in [5, 5.41) is 1.17. The van der Waals surface area contributed by atoms with E-state index in [0.29, 0.717) is 26.2 Å². The van der Waals surface area contributed by atoms with Gasteiger partial charge in [0.15, 0.2) is 5.83 Å². The first-order valence-electron chi connectivity index (χ1n) is 9.27. The Morgan fingerprint density at radius 3 is 2.74 bits per heavy atom. The molecule has 3 heterocycles. The van der Waals surface area contributed by atoms with Gasteiger partial charge in [-0.15, -0.1) is 0 Å². The molecule has 0 amide bonds. The lowest BCUT2D eigenvalue weighted by atomic mass is 9.83. The first-order valence-corrected chi connectivity index (χ1v) is 9.27. The van der Waals surface area contributed by atoms with Crippen molar-refractivity contribution in [2.24, 2.45) is 0 Å². The molecule has 27 heavy (non-hydrogen) atoms. The fourth-order valence-corrected chi connectivity index (χ4v) is 4.31. The van der Waals surface area contributed by atoms with Crippen molar-refractivity contribution in [3.63, 3.8) is 0 Å². The van der Waals surface area contributed by atoms with Crippen LogP contribution in [-0.2, 0) is 16.8 Å². The molecule has 1 N–H and O–H groups in total. The van der Waals surface area contributed by atoms with E-state index in [-0.39, 0.29) is 12.0 Å². The number of fused-ring (bicyclic) bond motifs is 4. The van der Waals surface area contributed by atoms with Crippen LogP contribution in [0.2, 0.25) is 0 Å². The number of piperidine rings is 1. The zero-order valence-corrected chi connectivity index (χ0v) is 15.3. The zero-order valence-electron chi connectivity index (χ0n) is 15.3. The number of H-pyrrole nitrogens is 1. The Morgan fingerprint density at radius 2 is 2.04 bits per heavy atom. The number of rotatable bonds is 4. The van der Waals surface area contributed by atoms with Crippen molar-refractivity contribution in [1.29, 1.82) is 0 Å². The Labute approximate surface area is 155 Å². The van der Waals surface area contributed by atoms with Crippen molar-refractivity contribution in [3.05, 3.63) is 41.4 Å². The van der Waals surface area contributed by atoms with E-state index >= 15 is 0 Å². The van der Waals surface area contributed by atoms with Gasteiger partial charge >= 0.3 is 6.08 Å². The molecule has 2 aromatic rings. The van der Waals surface area contributed by atoms with Crippen LogP contribution in [-0.4, -0.2) is 43.2 Å². The minimum absolute atomic E-state index is 0.242.